The fraction of sp³-hybridized carbons (Fsp3) is 0.727. The second kappa shape index (κ2) is 16.9. The highest BCUT2D eigenvalue weighted by molar-refractivity contribution is 5.94. The highest BCUT2D eigenvalue weighted by Gasteiger charge is 2.14. The van der Waals surface area contributed by atoms with E-state index in [1.54, 1.807) is 0 Å². The van der Waals surface area contributed by atoms with Gasteiger partial charge in [-0.1, -0.05) is 70.6 Å². The molecule has 0 aliphatic carbocycles. The van der Waals surface area contributed by atoms with E-state index in [0.29, 0.717) is 12.0 Å². The second-order valence-corrected chi connectivity index (χ2v) is 7.14. The Morgan fingerprint density at radius 3 is 1.92 bits per heavy atom. The number of hydrogen-bond donors (Lipinski definition) is 1. The molecule has 0 unspecified atom stereocenters. The van der Waals surface area contributed by atoms with E-state index >= 15 is 0 Å². The number of hydrogen-bond acceptors (Lipinski definition) is 2. The molecule has 0 rings (SSSR count). The number of rotatable bonds is 17. The number of carboxylic acids is 1. The first-order valence-corrected chi connectivity index (χ1v) is 10.3. The van der Waals surface area contributed by atoms with Crippen molar-refractivity contribution >= 4 is 11.9 Å². The zero-order chi connectivity index (χ0) is 19.6. The van der Waals surface area contributed by atoms with Crippen LogP contribution in [0.2, 0.25) is 0 Å². The van der Waals surface area contributed by atoms with Gasteiger partial charge in [0.2, 0.25) is 5.91 Å². The molecular formula is C22H39NO3. The Morgan fingerprint density at radius 1 is 0.885 bits per heavy atom. The minimum absolute atomic E-state index is 0.259. The van der Waals surface area contributed by atoms with Gasteiger partial charge in [-0.25, -0.2) is 0 Å². The summed E-state index contributed by atoms with van der Waals surface area (Å²) >= 11 is 0. The Bertz CT molecular complexity index is 429. The number of carbonyl (C=O) groups is 2. The molecular weight excluding hydrogens is 326 g/mol. The van der Waals surface area contributed by atoms with Crippen molar-refractivity contribution in [2.75, 3.05) is 13.6 Å². The monoisotopic (exact) mass is 365 g/mol. The maximum Gasteiger partial charge on any atom is 0.323 e. The zero-order valence-electron chi connectivity index (χ0n) is 17.0. The van der Waals surface area contributed by atoms with E-state index in [4.69, 9.17) is 5.11 Å². The summed E-state index contributed by atoms with van der Waals surface area (Å²) in [6.45, 7) is 5.76. The van der Waals surface area contributed by atoms with E-state index < -0.39 is 5.97 Å². The Morgan fingerprint density at radius 2 is 1.38 bits per heavy atom. The minimum Gasteiger partial charge on any atom is -0.480 e. The number of aliphatic carboxylic acids is 1. The standard InChI is InChI=1S/C22H39NO3/c1-4-5-6-7-8-9-10-11-12-13-14-15-16-17-18-20(2)22(26)23(3)19-21(24)25/h11-12H,2,4-10,13-19H2,1,3H3,(H,24,25)/b12-11-. The van der Waals surface area contributed by atoms with Crippen molar-refractivity contribution in [1.29, 1.82) is 0 Å². The van der Waals surface area contributed by atoms with Crippen molar-refractivity contribution in [2.45, 2.75) is 90.4 Å². The van der Waals surface area contributed by atoms with E-state index in [1.165, 1.54) is 63.3 Å². The summed E-state index contributed by atoms with van der Waals surface area (Å²) in [4.78, 5) is 23.7. The molecule has 0 radical (unpaired) electrons. The summed E-state index contributed by atoms with van der Waals surface area (Å²) in [5.41, 5.74) is 0.507. The molecule has 0 fully saturated rings. The van der Waals surface area contributed by atoms with E-state index in [-0.39, 0.29) is 12.5 Å². The molecule has 4 heteroatoms. The summed E-state index contributed by atoms with van der Waals surface area (Å²) in [5.74, 6) is -1.26. The van der Waals surface area contributed by atoms with Crippen LogP contribution in [0.5, 0.6) is 0 Å². The molecule has 1 N–H and O–H groups in total. The van der Waals surface area contributed by atoms with Crippen molar-refractivity contribution in [3.8, 4) is 0 Å². The molecule has 0 aliphatic rings. The van der Waals surface area contributed by atoms with E-state index in [9.17, 15) is 9.59 Å². The summed E-state index contributed by atoms with van der Waals surface area (Å²) in [7, 11) is 1.50. The van der Waals surface area contributed by atoms with Crippen molar-refractivity contribution in [3.63, 3.8) is 0 Å². The highest BCUT2D eigenvalue weighted by atomic mass is 16.4. The lowest BCUT2D eigenvalue weighted by Crippen LogP contribution is -2.32. The zero-order valence-corrected chi connectivity index (χ0v) is 17.0. The van der Waals surface area contributed by atoms with Gasteiger partial charge in [-0.2, -0.15) is 0 Å². The number of nitrogens with zero attached hydrogens (tertiary/aromatic N) is 1. The Balaban J connectivity index is 3.50. The molecule has 0 atom stereocenters. The second-order valence-electron chi connectivity index (χ2n) is 7.14. The average Bonchev–Trinajstić information content (AvgIpc) is 2.60. The van der Waals surface area contributed by atoms with Crippen LogP contribution in [0.3, 0.4) is 0 Å². The first-order chi connectivity index (χ1) is 12.5. The van der Waals surface area contributed by atoms with Gasteiger partial charge in [-0.05, 0) is 38.5 Å². The molecule has 4 nitrogen and oxygen atoms in total. The van der Waals surface area contributed by atoms with Crippen LogP contribution in [0.4, 0.5) is 0 Å². The van der Waals surface area contributed by atoms with Crippen LogP contribution in [0.1, 0.15) is 90.4 Å². The Kier molecular flexibility index (Phi) is 15.8. The molecule has 26 heavy (non-hydrogen) atoms. The number of unbranched alkanes of at least 4 members (excludes halogenated alkanes) is 10. The van der Waals surface area contributed by atoms with Crippen molar-refractivity contribution < 1.29 is 14.7 Å². The van der Waals surface area contributed by atoms with Crippen LogP contribution in [0.25, 0.3) is 0 Å². The SMILES string of the molecule is C=C(CCCCCC/C=C\CCCCCCCC)C(=O)N(C)CC(=O)O. The summed E-state index contributed by atoms with van der Waals surface area (Å²) < 4.78 is 0. The molecule has 1 amide bonds. The Labute approximate surface area is 160 Å². The summed E-state index contributed by atoms with van der Waals surface area (Å²) in [6, 6.07) is 0. The molecule has 0 bridgehead atoms. The van der Waals surface area contributed by atoms with Gasteiger partial charge in [0.25, 0.3) is 0 Å². The normalized spacial score (nSPS) is 11.0. The molecule has 0 aromatic rings. The first kappa shape index (κ1) is 24.4. The van der Waals surface area contributed by atoms with Crippen LogP contribution in [0.15, 0.2) is 24.3 Å². The largest absolute Gasteiger partial charge is 0.480 e. The lowest BCUT2D eigenvalue weighted by Gasteiger charge is -2.15. The lowest BCUT2D eigenvalue weighted by atomic mass is 10.1. The summed E-state index contributed by atoms with van der Waals surface area (Å²) in [5, 5.41) is 8.69. The topological polar surface area (TPSA) is 57.6 Å². The number of carbonyl (C=O) groups excluding carboxylic acids is 1. The molecule has 0 aromatic heterocycles. The van der Waals surface area contributed by atoms with Gasteiger partial charge in [0.15, 0.2) is 0 Å². The molecule has 0 heterocycles. The molecule has 0 spiro atoms. The van der Waals surface area contributed by atoms with Gasteiger partial charge >= 0.3 is 5.97 Å². The number of carboxylic acid groups (broad SMARTS) is 1. The predicted molar refractivity (Wildman–Crippen MR) is 109 cm³/mol. The van der Waals surface area contributed by atoms with Crippen LogP contribution in [0, 0.1) is 0 Å². The van der Waals surface area contributed by atoms with Crippen LogP contribution >= 0.6 is 0 Å². The van der Waals surface area contributed by atoms with Crippen molar-refractivity contribution in [3.05, 3.63) is 24.3 Å². The van der Waals surface area contributed by atoms with Gasteiger partial charge in [0.05, 0.1) is 0 Å². The quantitative estimate of drug-likeness (QED) is 0.203. The Hall–Kier alpha value is -1.58. The number of amides is 1. The minimum atomic E-state index is -1.00. The molecule has 150 valence electrons. The molecule has 0 saturated carbocycles. The van der Waals surface area contributed by atoms with Crippen LogP contribution in [-0.2, 0) is 9.59 Å². The van der Waals surface area contributed by atoms with Gasteiger partial charge in [-0.3, -0.25) is 9.59 Å². The predicted octanol–water partition coefficient (Wildman–Crippen LogP) is 5.73. The molecule has 0 aromatic carbocycles. The van der Waals surface area contributed by atoms with Gasteiger partial charge in [-0.15, -0.1) is 0 Å². The van der Waals surface area contributed by atoms with Crippen LogP contribution < -0.4 is 0 Å². The maximum atomic E-state index is 11.9. The maximum absolute atomic E-state index is 11.9. The fourth-order valence-corrected chi connectivity index (χ4v) is 2.88. The van der Waals surface area contributed by atoms with E-state index in [0.717, 1.165) is 25.7 Å². The lowest BCUT2D eigenvalue weighted by molar-refractivity contribution is -0.142. The van der Waals surface area contributed by atoms with Gasteiger partial charge in [0.1, 0.15) is 6.54 Å². The number of likely N-dealkylation sites (N-methyl/N-ethyl adjacent to an activating group) is 1. The molecule has 0 aliphatic heterocycles. The average molecular weight is 366 g/mol. The summed E-state index contributed by atoms with van der Waals surface area (Å²) in [6.07, 6.45) is 20.1. The third-order valence-electron chi connectivity index (χ3n) is 4.51. The highest BCUT2D eigenvalue weighted by Crippen LogP contribution is 2.12. The smallest absolute Gasteiger partial charge is 0.323 e. The first-order valence-electron chi connectivity index (χ1n) is 10.3. The van der Waals surface area contributed by atoms with Crippen molar-refractivity contribution in [1.82, 2.24) is 4.90 Å². The van der Waals surface area contributed by atoms with Crippen molar-refractivity contribution in [2.24, 2.45) is 0 Å². The number of allylic oxidation sites excluding steroid dienone is 2. The van der Waals surface area contributed by atoms with Crippen LogP contribution in [-0.4, -0.2) is 35.5 Å². The van der Waals surface area contributed by atoms with E-state index in [1.807, 2.05) is 0 Å². The van der Waals surface area contributed by atoms with Gasteiger partial charge < -0.3 is 10.0 Å². The van der Waals surface area contributed by atoms with E-state index in [2.05, 4.69) is 25.7 Å². The fourth-order valence-electron chi connectivity index (χ4n) is 2.88. The van der Waals surface area contributed by atoms with Gasteiger partial charge in [0, 0.05) is 12.6 Å². The third kappa shape index (κ3) is 14.7. The molecule has 0 saturated heterocycles. The third-order valence-corrected chi connectivity index (χ3v) is 4.51.